The highest BCUT2D eigenvalue weighted by Crippen LogP contribution is 2.31. The smallest absolute Gasteiger partial charge is 0.257 e. The van der Waals surface area contributed by atoms with E-state index in [-0.39, 0.29) is 11.8 Å². The summed E-state index contributed by atoms with van der Waals surface area (Å²) in [6.45, 7) is 2.74. The molecule has 5 heterocycles. The highest BCUT2D eigenvalue weighted by Gasteiger charge is 2.21. The molecule has 0 atom stereocenters. The molecule has 0 radical (unpaired) electrons. The molecule has 35 heavy (non-hydrogen) atoms. The molecular weight excluding hydrogens is 442 g/mol. The number of piperidine rings is 1. The first-order valence-electron chi connectivity index (χ1n) is 12.0. The number of fused-ring (bicyclic) bond motifs is 2. The molecule has 1 saturated heterocycles. The van der Waals surface area contributed by atoms with E-state index in [1.807, 2.05) is 35.3 Å². The third-order valence-corrected chi connectivity index (χ3v) is 7.06. The fourth-order valence-corrected chi connectivity index (χ4v) is 5.03. The Bertz CT molecular complexity index is 1430. The van der Waals surface area contributed by atoms with E-state index in [2.05, 4.69) is 43.7 Å². The summed E-state index contributed by atoms with van der Waals surface area (Å²) in [5.41, 5.74) is 5.55. The molecule has 0 spiro atoms. The molecule has 3 N–H and O–H groups in total. The lowest BCUT2D eigenvalue weighted by Gasteiger charge is -2.28. The fraction of sp³-hybridized carbons (Fsp3) is 0.308. The number of benzene rings is 1. The van der Waals surface area contributed by atoms with E-state index in [0.717, 1.165) is 60.0 Å². The third kappa shape index (κ3) is 4.08. The first kappa shape index (κ1) is 21.5. The molecule has 3 aromatic heterocycles. The number of carbonyl (C=O) groups is 2. The van der Waals surface area contributed by atoms with Crippen LogP contribution in [0.4, 0.5) is 5.69 Å². The highest BCUT2D eigenvalue weighted by molar-refractivity contribution is 6.07. The molecule has 6 rings (SSSR count). The maximum Gasteiger partial charge on any atom is 0.257 e. The molecule has 4 aromatic rings. The van der Waals surface area contributed by atoms with Crippen molar-refractivity contribution in [3.05, 3.63) is 65.7 Å². The summed E-state index contributed by atoms with van der Waals surface area (Å²) < 4.78 is 1.96. The van der Waals surface area contributed by atoms with Crippen molar-refractivity contribution in [2.75, 3.05) is 32.0 Å². The van der Waals surface area contributed by atoms with Crippen LogP contribution in [0.3, 0.4) is 0 Å². The van der Waals surface area contributed by atoms with E-state index >= 15 is 0 Å². The zero-order valence-electron chi connectivity index (χ0n) is 19.5. The molecule has 178 valence electrons. The number of anilines is 1. The molecule has 2 amide bonds. The van der Waals surface area contributed by atoms with Crippen molar-refractivity contribution in [3.8, 4) is 11.1 Å². The number of nitrogens with one attached hydrogen (secondary N) is 3. The minimum atomic E-state index is -0.225. The van der Waals surface area contributed by atoms with Gasteiger partial charge in [0.2, 0.25) is 0 Å². The first-order chi connectivity index (χ1) is 17.0. The Hall–Kier alpha value is -3.98. The molecule has 9 heteroatoms. The molecule has 0 bridgehead atoms. The number of aromatic amines is 1. The fourth-order valence-electron chi connectivity index (χ4n) is 5.03. The van der Waals surface area contributed by atoms with Crippen LogP contribution in [0.25, 0.3) is 22.2 Å². The quantitative estimate of drug-likeness (QED) is 0.425. The predicted molar refractivity (Wildman–Crippen MR) is 134 cm³/mol. The van der Waals surface area contributed by atoms with E-state index in [1.54, 1.807) is 12.4 Å². The van der Waals surface area contributed by atoms with Gasteiger partial charge in [-0.25, -0.2) is 4.98 Å². The Morgan fingerprint density at radius 1 is 1.14 bits per heavy atom. The number of rotatable bonds is 4. The lowest BCUT2D eigenvalue weighted by atomic mass is 9.95. The second kappa shape index (κ2) is 8.66. The van der Waals surface area contributed by atoms with Crippen LogP contribution >= 0.6 is 0 Å². The van der Waals surface area contributed by atoms with E-state index in [1.165, 1.54) is 0 Å². The van der Waals surface area contributed by atoms with Gasteiger partial charge in [-0.05, 0) is 62.7 Å². The minimum Gasteiger partial charge on any atom is -0.352 e. The number of hydrogen-bond acceptors (Lipinski definition) is 5. The molecular formula is C26H27N7O2. The molecule has 2 aliphatic heterocycles. The van der Waals surface area contributed by atoms with Crippen LogP contribution in [0.2, 0.25) is 0 Å². The van der Waals surface area contributed by atoms with Crippen molar-refractivity contribution in [2.24, 2.45) is 0 Å². The Morgan fingerprint density at radius 3 is 2.86 bits per heavy atom. The zero-order chi connectivity index (χ0) is 23.9. The van der Waals surface area contributed by atoms with Gasteiger partial charge in [-0.3, -0.25) is 14.3 Å². The molecule has 0 unspecified atom stereocenters. The summed E-state index contributed by atoms with van der Waals surface area (Å²) in [5, 5.41) is 11.2. The number of nitrogens with zero attached hydrogens (tertiary/aromatic N) is 4. The van der Waals surface area contributed by atoms with Gasteiger partial charge in [0.25, 0.3) is 11.8 Å². The van der Waals surface area contributed by atoms with E-state index in [9.17, 15) is 9.59 Å². The van der Waals surface area contributed by atoms with Crippen LogP contribution in [0, 0.1) is 0 Å². The number of likely N-dealkylation sites (tertiary alicyclic amines) is 1. The van der Waals surface area contributed by atoms with Gasteiger partial charge >= 0.3 is 0 Å². The van der Waals surface area contributed by atoms with Crippen LogP contribution < -0.4 is 10.6 Å². The molecule has 2 aliphatic rings. The Kier molecular flexibility index (Phi) is 5.33. The van der Waals surface area contributed by atoms with Gasteiger partial charge in [0.05, 0.1) is 23.5 Å². The summed E-state index contributed by atoms with van der Waals surface area (Å²) in [5.74, 6) is -0.256. The number of aromatic nitrogens is 4. The first-order valence-corrected chi connectivity index (χ1v) is 12.0. The van der Waals surface area contributed by atoms with E-state index in [0.29, 0.717) is 29.5 Å². The summed E-state index contributed by atoms with van der Waals surface area (Å²) in [6.07, 6.45) is 9.99. The second-order valence-corrected chi connectivity index (χ2v) is 9.40. The SMILES string of the molecule is CN1CCC(n2cc(NC(=O)c3cnc4[nH]cc(-c5ccc6c(c5)CCNC6=O)c4c3)cn2)CC1. The van der Waals surface area contributed by atoms with Gasteiger partial charge in [0.1, 0.15) is 5.65 Å². The van der Waals surface area contributed by atoms with E-state index < -0.39 is 0 Å². The van der Waals surface area contributed by atoms with Crippen molar-refractivity contribution >= 4 is 28.5 Å². The summed E-state index contributed by atoms with van der Waals surface area (Å²) in [4.78, 5) is 35.1. The standard InChI is InChI=1S/C26H27N7O2/c1-32-8-5-20(6-9-32)33-15-19(13-30-33)31-25(34)18-11-22-23(14-29-24(22)28-12-18)16-2-3-21-17(10-16)4-7-27-26(21)35/h2-3,10-15,20H,4-9H2,1H3,(H,27,35)(H,28,29)(H,31,34). The largest absolute Gasteiger partial charge is 0.352 e. The number of amides is 2. The van der Waals surface area contributed by atoms with Gasteiger partial charge in [-0.15, -0.1) is 0 Å². The van der Waals surface area contributed by atoms with Crippen LogP contribution in [-0.2, 0) is 6.42 Å². The third-order valence-electron chi connectivity index (χ3n) is 7.06. The summed E-state index contributed by atoms with van der Waals surface area (Å²) >= 11 is 0. The molecule has 9 nitrogen and oxygen atoms in total. The molecule has 1 aromatic carbocycles. The molecule has 1 fully saturated rings. The van der Waals surface area contributed by atoms with Crippen LogP contribution in [0.1, 0.15) is 45.2 Å². The maximum absolute atomic E-state index is 13.0. The van der Waals surface area contributed by atoms with Crippen LogP contribution in [-0.4, -0.2) is 63.1 Å². The molecule has 0 aliphatic carbocycles. The van der Waals surface area contributed by atoms with Crippen LogP contribution in [0.15, 0.2) is 49.1 Å². The van der Waals surface area contributed by atoms with Gasteiger partial charge in [-0.2, -0.15) is 5.10 Å². The second-order valence-electron chi connectivity index (χ2n) is 9.40. The van der Waals surface area contributed by atoms with Gasteiger partial charge < -0.3 is 20.5 Å². The number of hydrogen-bond donors (Lipinski definition) is 3. The lowest BCUT2D eigenvalue weighted by Crippen LogP contribution is -2.31. The monoisotopic (exact) mass is 469 g/mol. The predicted octanol–water partition coefficient (Wildman–Crippen LogP) is 3.23. The van der Waals surface area contributed by atoms with Crippen molar-refractivity contribution in [1.82, 2.24) is 30.0 Å². The number of carbonyl (C=O) groups excluding carboxylic acids is 2. The lowest BCUT2D eigenvalue weighted by molar-refractivity contribution is 0.0945. The van der Waals surface area contributed by atoms with Gasteiger partial charge in [-0.1, -0.05) is 12.1 Å². The zero-order valence-corrected chi connectivity index (χ0v) is 19.5. The number of pyridine rings is 1. The average molecular weight is 470 g/mol. The molecule has 0 saturated carbocycles. The Morgan fingerprint density at radius 2 is 2.00 bits per heavy atom. The van der Waals surface area contributed by atoms with E-state index in [4.69, 9.17) is 0 Å². The van der Waals surface area contributed by atoms with Crippen molar-refractivity contribution in [3.63, 3.8) is 0 Å². The summed E-state index contributed by atoms with van der Waals surface area (Å²) in [6, 6.07) is 8.08. The average Bonchev–Trinajstić information content (AvgIpc) is 3.51. The minimum absolute atomic E-state index is 0.0310. The highest BCUT2D eigenvalue weighted by atomic mass is 16.2. The van der Waals surface area contributed by atoms with Crippen molar-refractivity contribution in [1.29, 1.82) is 0 Å². The Balaban J connectivity index is 1.24. The van der Waals surface area contributed by atoms with Gasteiger partial charge in [0, 0.05) is 41.6 Å². The van der Waals surface area contributed by atoms with Crippen LogP contribution in [0.5, 0.6) is 0 Å². The Labute approximate surface area is 202 Å². The topological polar surface area (TPSA) is 108 Å². The van der Waals surface area contributed by atoms with Crippen molar-refractivity contribution in [2.45, 2.75) is 25.3 Å². The van der Waals surface area contributed by atoms with Crippen molar-refractivity contribution < 1.29 is 9.59 Å². The van der Waals surface area contributed by atoms with Gasteiger partial charge in [0.15, 0.2) is 0 Å². The number of H-pyrrole nitrogens is 1. The summed E-state index contributed by atoms with van der Waals surface area (Å²) in [7, 11) is 2.13. The maximum atomic E-state index is 13.0. The normalized spacial score (nSPS) is 16.8.